The van der Waals surface area contributed by atoms with Gasteiger partial charge in [0.1, 0.15) is 0 Å². The fourth-order valence-electron chi connectivity index (χ4n) is 14.0. The summed E-state index contributed by atoms with van der Waals surface area (Å²) in [5.74, 6) is 3.65. The third kappa shape index (κ3) is 6.38. The first kappa shape index (κ1) is 39.5. The molecule has 8 aromatic carbocycles. The van der Waals surface area contributed by atoms with Crippen LogP contribution in [0.2, 0.25) is 0 Å². The molecular formula is C63H57N3. The Kier molecular flexibility index (Phi) is 9.73. The van der Waals surface area contributed by atoms with E-state index in [0.29, 0.717) is 17.8 Å². The highest BCUT2D eigenvalue weighted by Gasteiger charge is 2.63. The molecule has 3 heteroatoms. The summed E-state index contributed by atoms with van der Waals surface area (Å²) >= 11 is 0. The van der Waals surface area contributed by atoms with Crippen LogP contribution in [0.15, 0.2) is 206 Å². The number of benzene rings is 8. The van der Waals surface area contributed by atoms with Gasteiger partial charge in [-0.2, -0.15) is 0 Å². The molecular weight excluding hydrogens is 799 g/mol. The van der Waals surface area contributed by atoms with Gasteiger partial charge >= 0.3 is 0 Å². The maximum Gasteiger partial charge on any atom is 0.0782 e. The standard InChI is InChI=1S/C63H57N3/c1-5-16-45(17-6-1)46-28-34-55(35-29-46)65(61-27-15-25-58-57-24-13-14-26-60(57)66(62(58)61)53-22-11-4-12-23-53)56-38-32-49(33-39-56)63(50-41-44-40-47(43-50)59(63)42-44)48-30-36-54(37-31-48)64(51-18-7-2-8-19-51)52-20-9-3-10-21-52/h2-4,7-15,18-39,44-45,47,50,59H,1,5-6,16-17,40-43H2. The summed E-state index contributed by atoms with van der Waals surface area (Å²) in [6, 6.07) is 77.8. The zero-order chi connectivity index (χ0) is 43.6. The van der Waals surface area contributed by atoms with Gasteiger partial charge in [0.2, 0.25) is 0 Å². The van der Waals surface area contributed by atoms with E-state index in [1.165, 1.54) is 136 Å². The molecule has 3 nitrogen and oxygen atoms in total. The van der Waals surface area contributed by atoms with Gasteiger partial charge in [-0.3, -0.25) is 0 Å². The molecule has 0 aliphatic heterocycles. The van der Waals surface area contributed by atoms with Crippen molar-refractivity contribution in [3.8, 4) is 5.69 Å². The Morgan fingerprint density at radius 1 is 0.424 bits per heavy atom. The van der Waals surface area contributed by atoms with Crippen LogP contribution in [0, 0.1) is 23.7 Å². The second-order valence-electron chi connectivity index (χ2n) is 20.0. The predicted octanol–water partition coefficient (Wildman–Crippen LogP) is 17.1. The number of para-hydroxylation sites is 5. The first-order chi connectivity index (χ1) is 32.7. The summed E-state index contributed by atoms with van der Waals surface area (Å²) in [5, 5.41) is 2.54. The van der Waals surface area contributed by atoms with Crippen LogP contribution in [0.25, 0.3) is 27.5 Å². The third-order valence-electron chi connectivity index (χ3n) is 16.6. The number of hydrogen-bond donors (Lipinski definition) is 0. The molecule has 66 heavy (non-hydrogen) atoms. The minimum Gasteiger partial charge on any atom is -0.311 e. The normalized spacial score (nSPS) is 22.3. The molecule has 5 atom stereocenters. The minimum absolute atomic E-state index is 0.00866. The molecule has 9 aromatic rings. The van der Waals surface area contributed by atoms with E-state index < -0.39 is 0 Å². The van der Waals surface area contributed by atoms with Crippen LogP contribution in [-0.4, -0.2) is 4.57 Å². The lowest BCUT2D eigenvalue weighted by atomic mass is 9.57. The largest absolute Gasteiger partial charge is 0.311 e. The molecule has 324 valence electrons. The SMILES string of the molecule is c1ccc(N(c2ccccc2)c2ccc(C3(c4ccc(N(c5ccc(C6CCCCC6)cc5)c5cccc6c7ccccc7n(-c7ccccc7)c56)cc4)C4CC5CC(C4)C3C5)cc2)cc1. The average Bonchev–Trinajstić information content (AvgIpc) is 3.97. The molecule has 0 saturated heterocycles. The van der Waals surface area contributed by atoms with Gasteiger partial charge in [-0.25, -0.2) is 0 Å². The second-order valence-corrected chi connectivity index (χ2v) is 20.0. The van der Waals surface area contributed by atoms with Crippen molar-refractivity contribution in [2.45, 2.75) is 69.1 Å². The molecule has 5 aliphatic rings. The van der Waals surface area contributed by atoms with E-state index in [9.17, 15) is 0 Å². The molecule has 4 bridgehead atoms. The van der Waals surface area contributed by atoms with Crippen LogP contribution in [0.4, 0.5) is 34.1 Å². The lowest BCUT2D eigenvalue weighted by Crippen LogP contribution is -2.42. The molecule has 1 aromatic heterocycles. The fraction of sp³-hybridized carbons (Fsp3) is 0.238. The molecule has 0 N–H and O–H groups in total. The minimum atomic E-state index is -0.00866. The molecule has 5 saturated carbocycles. The molecule has 0 amide bonds. The van der Waals surface area contributed by atoms with Crippen LogP contribution < -0.4 is 9.80 Å². The van der Waals surface area contributed by atoms with E-state index in [4.69, 9.17) is 0 Å². The highest BCUT2D eigenvalue weighted by Crippen LogP contribution is 2.69. The van der Waals surface area contributed by atoms with Gasteiger partial charge in [-0.15, -0.1) is 0 Å². The van der Waals surface area contributed by atoms with Crippen molar-refractivity contribution in [2.24, 2.45) is 23.7 Å². The Morgan fingerprint density at radius 2 is 0.970 bits per heavy atom. The molecule has 14 rings (SSSR count). The highest BCUT2D eigenvalue weighted by molar-refractivity contribution is 6.14. The van der Waals surface area contributed by atoms with Gasteiger partial charge in [0.05, 0.1) is 16.7 Å². The van der Waals surface area contributed by atoms with Crippen LogP contribution in [-0.2, 0) is 5.41 Å². The zero-order valence-electron chi connectivity index (χ0n) is 37.7. The van der Waals surface area contributed by atoms with Crippen molar-refractivity contribution in [3.05, 3.63) is 223 Å². The van der Waals surface area contributed by atoms with Crippen molar-refractivity contribution >= 4 is 55.9 Å². The number of anilines is 6. The Labute approximate surface area is 390 Å². The van der Waals surface area contributed by atoms with Crippen molar-refractivity contribution in [3.63, 3.8) is 0 Å². The van der Waals surface area contributed by atoms with Crippen molar-refractivity contribution in [1.29, 1.82) is 0 Å². The molecule has 0 spiro atoms. The summed E-state index contributed by atoms with van der Waals surface area (Å²) < 4.78 is 2.49. The van der Waals surface area contributed by atoms with Gasteiger partial charge < -0.3 is 14.4 Å². The summed E-state index contributed by atoms with van der Waals surface area (Å²) in [6.07, 6.45) is 12.1. The van der Waals surface area contributed by atoms with Crippen LogP contribution in [0.3, 0.4) is 0 Å². The smallest absolute Gasteiger partial charge is 0.0782 e. The molecule has 0 radical (unpaired) electrons. The van der Waals surface area contributed by atoms with Gasteiger partial charge in [-0.05, 0) is 170 Å². The zero-order valence-corrected chi connectivity index (χ0v) is 37.7. The monoisotopic (exact) mass is 855 g/mol. The Hall–Kier alpha value is -6.84. The van der Waals surface area contributed by atoms with E-state index in [0.717, 1.165) is 11.8 Å². The maximum absolute atomic E-state index is 2.55. The van der Waals surface area contributed by atoms with Crippen molar-refractivity contribution < 1.29 is 0 Å². The molecule has 5 fully saturated rings. The summed E-state index contributed by atoms with van der Waals surface area (Å²) in [7, 11) is 0. The lowest BCUT2D eigenvalue weighted by Gasteiger charge is -2.46. The number of aromatic nitrogens is 1. The molecule has 1 heterocycles. The summed E-state index contributed by atoms with van der Waals surface area (Å²) in [4.78, 5) is 4.94. The Balaban J connectivity index is 0.953. The van der Waals surface area contributed by atoms with E-state index in [2.05, 4.69) is 221 Å². The first-order valence-corrected chi connectivity index (χ1v) is 24.8. The summed E-state index contributed by atoms with van der Waals surface area (Å²) in [5.41, 5.74) is 15.2. The van der Waals surface area contributed by atoms with E-state index in [1.807, 2.05) is 0 Å². The predicted molar refractivity (Wildman–Crippen MR) is 276 cm³/mol. The van der Waals surface area contributed by atoms with E-state index in [-0.39, 0.29) is 5.41 Å². The first-order valence-electron chi connectivity index (χ1n) is 24.8. The quantitative estimate of drug-likeness (QED) is 0.136. The third-order valence-corrected chi connectivity index (χ3v) is 16.6. The van der Waals surface area contributed by atoms with Crippen molar-refractivity contribution in [2.75, 3.05) is 9.80 Å². The maximum atomic E-state index is 2.55. The summed E-state index contributed by atoms with van der Waals surface area (Å²) in [6.45, 7) is 0. The van der Waals surface area contributed by atoms with Crippen LogP contribution >= 0.6 is 0 Å². The second kappa shape index (κ2) is 16.2. The van der Waals surface area contributed by atoms with Crippen LogP contribution in [0.5, 0.6) is 0 Å². The topological polar surface area (TPSA) is 11.4 Å². The number of rotatable bonds is 10. The van der Waals surface area contributed by atoms with Gasteiger partial charge in [-0.1, -0.05) is 141 Å². The molecule has 5 unspecified atom stereocenters. The van der Waals surface area contributed by atoms with Gasteiger partial charge in [0.25, 0.3) is 0 Å². The fourth-order valence-corrected chi connectivity index (χ4v) is 14.0. The Morgan fingerprint density at radius 3 is 1.61 bits per heavy atom. The number of fused-ring (bicyclic) bond motifs is 3. The highest BCUT2D eigenvalue weighted by atomic mass is 15.2. The molecule has 5 aliphatic carbocycles. The van der Waals surface area contributed by atoms with Crippen LogP contribution in [0.1, 0.15) is 80.4 Å². The Bertz CT molecular complexity index is 3090. The number of hydrogen-bond acceptors (Lipinski definition) is 2. The van der Waals surface area contributed by atoms with E-state index >= 15 is 0 Å². The number of nitrogens with zero attached hydrogens (tertiary/aromatic N) is 3. The van der Waals surface area contributed by atoms with Crippen molar-refractivity contribution in [1.82, 2.24) is 4.57 Å². The average molecular weight is 856 g/mol. The van der Waals surface area contributed by atoms with Gasteiger partial charge in [0, 0.05) is 50.3 Å². The van der Waals surface area contributed by atoms with Gasteiger partial charge in [0.15, 0.2) is 0 Å². The van der Waals surface area contributed by atoms with E-state index in [1.54, 1.807) is 0 Å². The lowest BCUT2D eigenvalue weighted by molar-refractivity contribution is 0.187.